The first kappa shape index (κ1) is 17.0. The Morgan fingerprint density at radius 2 is 2.19 bits per heavy atom. The fourth-order valence-electron chi connectivity index (χ4n) is 1.88. The molecule has 1 aromatic rings. The largest absolute Gasteiger partial charge is 0.497 e. The Morgan fingerprint density at radius 1 is 1.48 bits per heavy atom. The fraction of sp³-hybridized carbons (Fsp3) is 0.400. The molecule has 0 aromatic heterocycles. The molecule has 21 heavy (non-hydrogen) atoms. The van der Waals surface area contributed by atoms with Gasteiger partial charge in [0.1, 0.15) is 5.75 Å². The number of ether oxygens (including phenoxy) is 1. The van der Waals surface area contributed by atoms with Gasteiger partial charge in [-0.2, -0.15) is 5.26 Å². The highest BCUT2D eigenvalue weighted by Crippen LogP contribution is 2.23. The van der Waals surface area contributed by atoms with Crippen molar-refractivity contribution in [2.75, 3.05) is 14.2 Å². The number of halogens is 1. The van der Waals surface area contributed by atoms with E-state index in [0.29, 0.717) is 23.6 Å². The molecule has 0 saturated heterocycles. The number of nitriles is 1. The first-order chi connectivity index (χ1) is 10.0. The minimum absolute atomic E-state index is 0.161. The lowest BCUT2D eigenvalue weighted by Crippen LogP contribution is -2.32. The van der Waals surface area contributed by atoms with Crippen molar-refractivity contribution in [1.29, 1.82) is 5.26 Å². The van der Waals surface area contributed by atoms with E-state index in [1.54, 1.807) is 25.3 Å². The van der Waals surface area contributed by atoms with Crippen LogP contribution in [0.15, 0.2) is 18.2 Å². The molecular formula is C15H17ClN2O3. The van der Waals surface area contributed by atoms with Crippen LogP contribution in [0.1, 0.15) is 18.4 Å². The van der Waals surface area contributed by atoms with Crippen molar-refractivity contribution in [3.05, 3.63) is 28.8 Å². The summed E-state index contributed by atoms with van der Waals surface area (Å²) in [7, 11) is 2.96. The first-order valence-electron chi connectivity index (χ1n) is 6.49. The summed E-state index contributed by atoms with van der Waals surface area (Å²) in [6, 6.07) is 7.07. The Morgan fingerprint density at radius 3 is 2.71 bits per heavy atom. The van der Waals surface area contributed by atoms with Crippen molar-refractivity contribution in [3.8, 4) is 11.8 Å². The second kappa shape index (κ2) is 8.28. The van der Waals surface area contributed by atoms with Gasteiger partial charge in [-0.15, -0.1) is 0 Å². The molecule has 0 unspecified atom stereocenters. The molecule has 1 atom stereocenters. The molecule has 0 aliphatic rings. The third kappa shape index (κ3) is 4.76. The van der Waals surface area contributed by atoms with E-state index in [1.807, 2.05) is 6.07 Å². The zero-order chi connectivity index (χ0) is 15.8. The quantitative estimate of drug-likeness (QED) is 0.783. The Balaban J connectivity index is 2.55. The van der Waals surface area contributed by atoms with Crippen molar-refractivity contribution in [2.24, 2.45) is 5.92 Å². The summed E-state index contributed by atoms with van der Waals surface area (Å²) in [6.45, 7) is 0. The van der Waals surface area contributed by atoms with Gasteiger partial charge in [-0.05, 0) is 30.5 Å². The van der Waals surface area contributed by atoms with Crippen molar-refractivity contribution < 1.29 is 14.3 Å². The number of rotatable bonds is 7. The topological polar surface area (TPSA) is 79.2 Å². The number of amides is 1. The van der Waals surface area contributed by atoms with Gasteiger partial charge >= 0.3 is 0 Å². The predicted octanol–water partition coefficient (Wildman–Crippen LogP) is 2.13. The van der Waals surface area contributed by atoms with Gasteiger partial charge in [0.05, 0.1) is 13.2 Å². The molecule has 0 aliphatic heterocycles. The van der Waals surface area contributed by atoms with Gasteiger partial charge in [-0.3, -0.25) is 9.59 Å². The summed E-state index contributed by atoms with van der Waals surface area (Å²) in [4.78, 5) is 23.2. The van der Waals surface area contributed by atoms with Gasteiger partial charge in [0.2, 0.25) is 5.91 Å². The molecule has 0 saturated carbocycles. The smallest absolute Gasteiger partial charge is 0.244 e. The highest BCUT2D eigenvalue weighted by Gasteiger charge is 2.24. The maximum Gasteiger partial charge on any atom is 0.244 e. The van der Waals surface area contributed by atoms with Gasteiger partial charge in [0.15, 0.2) is 11.7 Å². The van der Waals surface area contributed by atoms with Crippen LogP contribution in [0.3, 0.4) is 0 Å². The normalized spacial score (nSPS) is 11.3. The van der Waals surface area contributed by atoms with Gasteiger partial charge in [0.25, 0.3) is 0 Å². The summed E-state index contributed by atoms with van der Waals surface area (Å²) in [5.41, 5.74) is 0.902. The maximum atomic E-state index is 11.8. The molecule has 112 valence electrons. The zero-order valence-electron chi connectivity index (χ0n) is 12.0. The second-order valence-corrected chi connectivity index (χ2v) is 4.86. The molecule has 0 radical (unpaired) electrons. The molecule has 0 fully saturated rings. The van der Waals surface area contributed by atoms with E-state index in [0.717, 1.165) is 5.56 Å². The summed E-state index contributed by atoms with van der Waals surface area (Å²) >= 11 is 6.10. The van der Waals surface area contributed by atoms with Gasteiger partial charge in [-0.1, -0.05) is 17.7 Å². The zero-order valence-corrected chi connectivity index (χ0v) is 12.7. The highest BCUT2D eigenvalue weighted by atomic mass is 35.5. The van der Waals surface area contributed by atoms with Crippen LogP contribution in [0, 0.1) is 17.2 Å². The van der Waals surface area contributed by atoms with Crippen LogP contribution in [0.25, 0.3) is 0 Å². The molecule has 1 aromatic carbocycles. The van der Waals surface area contributed by atoms with Crippen molar-refractivity contribution in [1.82, 2.24) is 5.32 Å². The number of benzene rings is 1. The van der Waals surface area contributed by atoms with Crippen molar-refractivity contribution in [3.63, 3.8) is 0 Å². The monoisotopic (exact) mass is 308 g/mol. The van der Waals surface area contributed by atoms with Gasteiger partial charge in [-0.25, -0.2) is 0 Å². The number of carbonyl (C=O) groups excluding carboxylic acids is 2. The Hall–Kier alpha value is -2.06. The van der Waals surface area contributed by atoms with Crippen LogP contribution >= 0.6 is 11.6 Å². The SMILES string of the molecule is CNC(=O)[C@@H](C#N)C(=O)CCCc1ccc(OC)cc1Cl. The fourth-order valence-corrected chi connectivity index (χ4v) is 2.14. The van der Waals surface area contributed by atoms with Crippen LogP contribution < -0.4 is 10.1 Å². The summed E-state index contributed by atoms with van der Waals surface area (Å²) < 4.78 is 5.06. The third-order valence-corrected chi connectivity index (χ3v) is 3.44. The molecule has 0 spiro atoms. The van der Waals surface area contributed by atoms with E-state index in [-0.39, 0.29) is 12.2 Å². The number of ketones is 1. The summed E-state index contributed by atoms with van der Waals surface area (Å²) in [5.74, 6) is -1.50. The Labute approximate surface area is 128 Å². The molecular weight excluding hydrogens is 292 g/mol. The highest BCUT2D eigenvalue weighted by molar-refractivity contribution is 6.31. The molecule has 0 heterocycles. The van der Waals surface area contributed by atoms with Crippen molar-refractivity contribution in [2.45, 2.75) is 19.3 Å². The summed E-state index contributed by atoms with van der Waals surface area (Å²) in [6.07, 6.45) is 1.29. The average molecular weight is 309 g/mol. The molecule has 6 heteroatoms. The predicted molar refractivity (Wildman–Crippen MR) is 79.1 cm³/mol. The molecule has 0 aliphatic carbocycles. The summed E-state index contributed by atoms with van der Waals surface area (Å²) in [5, 5.41) is 11.7. The third-order valence-electron chi connectivity index (χ3n) is 3.09. The lowest BCUT2D eigenvalue weighted by Gasteiger charge is -2.08. The standard InChI is InChI=1S/C15H17ClN2O3/c1-18-15(20)12(9-17)14(19)5-3-4-10-6-7-11(21-2)8-13(10)16/h6-8,12H,3-5H2,1-2H3,(H,18,20)/t12-/m0/s1. The maximum absolute atomic E-state index is 11.8. The first-order valence-corrected chi connectivity index (χ1v) is 6.87. The van der Waals surface area contributed by atoms with E-state index in [2.05, 4.69) is 5.32 Å². The van der Waals surface area contributed by atoms with Crippen LogP contribution in [-0.4, -0.2) is 25.8 Å². The number of Topliss-reactive ketones (excluding diaryl/α,β-unsaturated/α-hetero) is 1. The van der Waals surface area contributed by atoms with E-state index < -0.39 is 11.8 Å². The lowest BCUT2D eigenvalue weighted by molar-refractivity contribution is -0.131. The Bertz CT molecular complexity index is 567. The number of hydrogen-bond acceptors (Lipinski definition) is 4. The molecule has 0 bridgehead atoms. The van der Waals surface area contributed by atoms with Gasteiger partial charge < -0.3 is 10.1 Å². The van der Waals surface area contributed by atoms with Crippen LogP contribution in [0.2, 0.25) is 5.02 Å². The van der Waals surface area contributed by atoms with E-state index in [9.17, 15) is 9.59 Å². The van der Waals surface area contributed by atoms with E-state index in [4.69, 9.17) is 21.6 Å². The minimum atomic E-state index is -1.23. The number of methoxy groups -OCH3 is 1. The van der Waals surface area contributed by atoms with Crippen LogP contribution in [-0.2, 0) is 16.0 Å². The van der Waals surface area contributed by atoms with Crippen LogP contribution in [0.5, 0.6) is 5.75 Å². The minimum Gasteiger partial charge on any atom is -0.497 e. The number of nitrogens with one attached hydrogen (secondary N) is 1. The lowest BCUT2D eigenvalue weighted by atomic mass is 9.98. The van der Waals surface area contributed by atoms with Gasteiger partial charge in [0, 0.05) is 18.5 Å². The Kier molecular flexibility index (Phi) is 6.70. The number of nitrogens with zero attached hydrogens (tertiary/aromatic N) is 1. The molecule has 1 rings (SSSR count). The van der Waals surface area contributed by atoms with E-state index >= 15 is 0 Å². The van der Waals surface area contributed by atoms with Crippen LogP contribution in [0.4, 0.5) is 0 Å². The number of hydrogen-bond donors (Lipinski definition) is 1. The van der Waals surface area contributed by atoms with Crippen molar-refractivity contribution >= 4 is 23.3 Å². The van der Waals surface area contributed by atoms with E-state index in [1.165, 1.54) is 7.05 Å². The number of carbonyl (C=O) groups is 2. The average Bonchev–Trinajstić information content (AvgIpc) is 2.49. The molecule has 1 N–H and O–H groups in total. The molecule has 5 nitrogen and oxygen atoms in total. The molecule has 1 amide bonds. The number of aryl methyl sites for hydroxylation is 1. The second-order valence-electron chi connectivity index (χ2n) is 4.45.